The van der Waals surface area contributed by atoms with Crippen LogP contribution in [0.15, 0.2) is 103 Å². The number of nitrogens with zero attached hydrogens (tertiary/aromatic N) is 3. The molecule has 0 radical (unpaired) electrons. The van der Waals surface area contributed by atoms with Crippen LogP contribution in [0.5, 0.6) is 5.75 Å². The molecule has 10 heteroatoms. The first-order valence-corrected chi connectivity index (χ1v) is 12.9. The van der Waals surface area contributed by atoms with Gasteiger partial charge in [0, 0.05) is 27.6 Å². The molecular formula is C31H24ClFN6O2. The SMILES string of the molecule is COc1ccc(/C=C/C(=O)c2ccc(Nc3nc(Nc4ccc(F)cc4)nc(Nc4ccc(Cl)cc4)n3)cc2)cc1. The molecule has 3 N–H and O–H groups in total. The Bertz CT molecular complexity index is 1590. The van der Waals surface area contributed by atoms with Gasteiger partial charge in [0.2, 0.25) is 17.8 Å². The van der Waals surface area contributed by atoms with Gasteiger partial charge in [-0.25, -0.2) is 4.39 Å². The normalized spacial score (nSPS) is 10.8. The number of anilines is 6. The molecule has 0 aliphatic heterocycles. The first-order valence-electron chi connectivity index (χ1n) is 12.5. The Kier molecular flexibility index (Phi) is 8.46. The molecule has 0 fully saturated rings. The van der Waals surface area contributed by atoms with Crippen LogP contribution < -0.4 is 20.7 Å². The predicted octanol–water partition coefficient (Wildman–Crippen LogP) is 7.80. The summed E-state index contributed by atoms with van der Waals surface area (Å²) >= 11 is 6.00. The number of allylic oxidation sites excluding steroid dienone is 1. The second-order valence-electron chi connectivity index (χ2n) is 8.74. The second kappa shape index (κ2) is 12.7. The van der Waals surface area contributed by atoms with Gasteiger partial charge < -0.3 is 20.7 Å². The maximum Gasteiger partial charge on any atom is 0.233 e. The summed E-state index contributed by atoms with van der Waals surface area (Å²) in [5, 5.41) is 9.94. The summed E-state index contributed by atoms with van der Waals surface area (Å²) in [6.45, 7) is 0. The second-order valence-corrected chi connectivity index (χ2v) is 9.18. The van der Waals surface area contributed by atoms with Gasteiger partial charge in [-0.05, 0) is 96.6 Å². The van der Waals surface area contributed by atoms with Crippen LogP contribution in [0, 0.1) is 5.82 Å². The van der Waals surface area contributed by atoms with E-state index in [2.05, 4.69) is 30.9 Å². The molecule has 0 saturated carbocycles. The Balaban J connectivity index is 1.33. The number of methoxy groups -OCH3 is 1. The van der Waals surface area contributed by atoms with Crippen LogP contribution in [0.1, 0.15) is 15.9 Å². The van der Waals surface area contributed by atoms with Crippen molar-refractivity contribution in [3.63, 3.8) is 0 Å². The zero-order valence-corrected chi connectivity index (χ0v) is 22.6. The van der Waals surface area contributed by atoms with Gasteiger partial charge in [-0.3, -0.25) is 4.79 Å². The van der Waals surface area contributed by atoms with E-state index in [1.807, 2.05) is 24.3 Å². The molecule has 0 unspecified atom stereocenters. The summed E-state index contributed by atoms with van der Waals surface area (Å²) in [6, 6.07) is 27.3. The third-order valence-corrected chi connectivity index (χ3v) is 6.06. The first kappa shape index (κ1) is 27.3. The van der Waals surface area contributed by atoms with E-state index in [1.54, 1.807) is 73.8 Å². The van der Waals surface area contributed by atoms with Crippen molar-refractivity contribution in [2.45, 2.75) is 0 Å². The van der Waals surface area contributed by atoms with E-state index in [4.69, 9.17) is 16.3 Å². The molecule has 0 spiro atoms. The minimum atomic E-state index is -0.350. The predicted molar refractivity (Wildman–Crippen MR) is 160 cm³/mol. The monoisotopic (exact) mass is 566 g/mol. The Morgan fingerprint density at radius 3 is 1.66 bits per heavy atom. The number of aromatic nitrogens is 3. The van der Waals surface area contributed by atoms with Gasteiger partial charge in [0.15, 0.2) is 5.78 Å². The van der Waals surface area contributed by atoms with Gasteiger partial charge in [-0.1, -0.05) is 29.8 Å². The van der Waals surface area contributed by atoms with Crippen molar-refractivity contribution in [1.29, 1.82) is 0 Å². The van der Waals surface area contributed by atoms with E-state index in [1.165, 1.54) is 18.2 Å². The van der Waals surface area contributed by atoms with Crippen LogP contribution >= 0.6 is 11.6 Å². The maximum atomic E-state index is 13.4. The van der Waals surface area contributed by atoms with Gasteiger partial charge in [-0.15, -0.1) is 0 Å². The van der Waals surface area contributed by atoms with E-state index in [0.717, 1.165) is 17.0 Å². The Hall–Kier alpha value is -5.28. The molecule has 41 heavy (non-hydrogen) atoms. The van der Waals surface area contributed by atoms with Crippen LogP contribution in [0.25, 0.3) is 6.08 Å². The number of halogens is 2. The number of ether oxygens (including phenoxy) is 1. The molecular weight excluding hydrogens is 543 g/mol. The van der Waals surface area contributed by atoms with Crippen molar-refractivity contribution < 1.29 is 13.9 Å². The first-order chi connectivity index (χ1) is 19.9. The van der Waals surface area contributed by atoms with Crippen LogP contribution in [0.2, 0.25) is 5.02 Å². The molecule has 5 aromatic rings. The van der Waals surface area contributed by atoms with Crippen molar-refractivity contribution in [2.24, 2.45) is 0 Å². The fraction of sp³-hybridized carbons (Fsp3) is 0.0323. The van der Waals surface area contributed by atoms with E-state index in [-0.39, 0.29) is 29.4 Å². The standard InChI is InChI=1S/C31H24ClFN6O2/c1-41-27-17-2-20(3-18-27)4-19-28(40)21-5-11-24(12-6-21)34-29-37-30(35-25-13-7-22(32)8-14-25)39-31(38-29)36-26-15-9-23(33)10-16-26/h2-19H,1H3,(H3,34,35,36,37,38,39)/b19-4+. The van der Waals surface area contributed by atoms with E-state index in [9.17, 15) is 9.18 Å². The third kappa shape index (κ3) is 7.65. The maximum absolute atomic E-state index is 13.4. The zero-order chi connectivity index (χ0) is 28.6. The third-order valence-electron chi connectivity index (χ3n) is 5.80. The molecule has 5 rings (SSSR count). The van der Waals surface area contributed by atoms with Crippen molar-refractivity contribution >= 4 is 58.4 Å². The number of benzene rings is 4. The quantitative estimate of drug-likeness (QED) is 0.116. The minimum Gasteiger partial charge on any atom is -0.497 e. The zero-order valence-electron chi connectivity index (χ0n) is 21.8. The number of hydrogen-bond acceptors (Lipinski definition) is 8. The van der Waals surface area contributed by atoms with Crippen molar-refractivity contribution in [2.75, 3.05) is 23.1 Å². The molecule has 0 saturated heterocycles. The van der Waals surface area contributed by atoms with Gasteiger partial charge in [0.05, 0.1) is 7.11 Å². The fourth-order valence-corrected chi connectivity index (χ4v) is 3.82. The Morgan fingerprint density at radius 2 is 1.17 bits per heavy atom. The molecule has 0 amide bonds. The van der Waals surface area contributed by atoms with E-state index < -0.39 is 0 Å². The summed E-state index contributed by atoms with van der Waals surface area (Å²) < 4.78 is 18.5. The lowest BCUT2D eigenvalue weighted by Gasteiger charge is -2.12. The van der Waals surface area contributed by atoms with Crippen molar-refractivity contribution in [3.8, 4) is 5.75 Å². The van der Waals surface area contributed by atoms with Crippen LogP contribution in [0.4, 0.5) is 39.3 Å². The lowest BCUT2D eigenvalue weighted by Crippen LogP contribution is -2.07. The molecule has 0 aliphatic rings. The van der Waals surface area contributed by atoms with Gasteiger partial charge in [0.25, 0.3) is 0 Å². The number of carbonyl (C=O) groups is 1. The average Bonchev–Trinajstić information content (AvgIpc) is 2.99. The highest BCUT2D eigenvalue weighted by Gasteiger charge is 2.10. The highest BCUT2D eigenvalue weighted by atomic mass is 35.5. The molecule has 1 heterocycles. The lowest BCUT2D eigenvalue weighted by atomic mass is 10.1. The van der Waals surface area contributed by atoms with Gasteiger partial charge >= 0.3 is 0 Å². The molecule has 0 aliphatic carbocycles. The van der Waals surface area contributed by atoms with Crippen molar-refractivity contribution in [3.05, 3.63) is 125 Å². The summed E-state index contributed by atoms with van der Waals surface area (Å²) in [6.07, 6.45) is 3.28. The molecule has 0 bridgehead atoms. The van der Waals surface area contributed by atoms with Gasteiger partial charge in [0.1, 0.15) is 11.6 Å². The molecule has 1 aromatic heterocycles. The number of carbonyl (C=O) groups excluding carboxylic acids is 1. The summed E-state index contributed by atoms with van der Waals surface area (Å²) in [7, 11) is 1.61. The average molecular weight is 567 g/mol. The molecule has 4 aromatic carbocycles. The van der Waals surface area contributed by atoms with Crippen molar-refractivity contribution in [1.82, 2.24) is 15.0 Å². The summed E-state index contributed by atoms with van der Waals surface area (Å²) in [5.41, 5.74) is 3.41. The van der Waals surface area contributed by atoms with E-state index >= 15 is 0 Å². The smallest absolute Gasteiger partial charge is 0.233 e. The van der Waals surface area contributed by atoms with E-state index in [0.29, 0.717) is 22.0 Å². The number of ketones is 1. The lowest BCUT2D eigenvalue weighted by molar-refractivity contribution is 0.104. The highest BCUT2D eigenvalue weighted by Crippen LogP contribution is 2.23. The summed E-state index contributed by atoms with van der Waals surface area (Å²) in [4.78, 5) is 26.0. The van der Waals surface area contributed by atoms with Crippen LogP contribution in [-0.2, 0) is 0 Å². The summed E-state index contributed by atoms with van der Waals surface area (Å²) in [5.74, 6) is 1.02. The Morgan fingerprint density at radius 1 is 0.707 bits per heavy atom. The number of hydrogen-bond donors (Lipinski definition) is 3. The number of rotatable bonds is 10. The highest BCUT2D eigenvalue weighted by molar-refractivity contribution is 6.30. The fourth-order valence-electron chi connectivity index (χ4n) is 3.70. The van der Waals surface area contributed by atoms with Gasteiger partial charge in [-0.2, -0.15) is 15.0 Å². The minimum absolute atomic E-state index is 0.132. The van der Waals surface area contributed by atoms with Crippen LogP contribution in [-0.4, -0.2) is 27.8 Å². The van der Waals surface area contributed by atoms with Crippen LogP contribution in [0.3, 0.4) is 0 Å². The largest absolute Gasteiger partial charge is 0.497 e. The molecule has 8 nitrogen and oxygen atoms in total. The molecule has 0 atom stereocenters. The molecule has 204 valence electrons. The number of nitrogens with one attached hydrogen (secondary N) is 3. The topological polar surface area (TPSA) is 101 Å². The Labute approximate surface area is 240 Å².